The number of carbonyl (C=O) groups is 1. The van der Waals surface area contributed by atoms with Crippen molar-refractivity contribution in [3.63, 3.8) is 0 Å². The van der Waals surface area contributed by atoms with Crippen LogP contribution in [-0.4, -0.2) is 37.1 Å². The number of rotatable bonds is 6. The predicted molar refractivity (Wildman–Crippen MR) is 147 cm³/mol. The normalized spacial score (nSPS) is 18.1. The first-order chi connectivity index (χ1) is 17.0. The van der Waals surface area contributed by atoms with Crippen molar-refractivity contribution in [1.82, 2.24) is 14.3 Å². The molecule has 1 amide bonds. The van der Waals surface area contributed by atoms with E-state index in [1.54, 1.807) is 21.6 Å². The summed E-state index contributed by atoms with van der Waals surface area (Å²) in [6.07, 6.45) is 9.58. The molecule has 2 aliphatic rings. The van der Waals surface area contributed by atoms with Crippen molar-refractivity contribution in [3.05, 3.63) is 80.6 Å². The van der Waals surface area contributed by atoms with Crippen LogP contribution in [0.2, 0.25) is 0 Å². The van der Waals surface area contributed by atoms with Crippen molar-refractivity contribution in [2.75, 3.05) is 11.9 Å². The molecule has 0 spiro atoms. The average Bonchev–Trinajstić information content (AvgIpc) is 3.15. The summed E-state index contributed by atoms with van der Waals surface area (Å²) in [4.78, 5) is 34.0. The lowest BCUT2D eigenvalue weighted by atomic mass is 9.94. The number of aromatic nitrogens is 2. The third kappa shape index (κ3) is 4.90. The molecular weight excluding hydrogens is 476 g/mol. The van der Waals surface area contributed by atoms with Crippen LogP contribution in [0.25, 0.3) is 11.7 Å². The molecule has 1 saturated heterocycles. The zero-order valence-electron chi connectivity index (χ0n) is 19.7. The topological polar surface area (TPSA) is 66.7 Å². The fourth-order valence-electron chi connectivity index (χ4n) is 4.81. The molecule has 35 heavy (non-hydrogen) atoms. The Labute approximate surface area is 214 Å². The van der Waals surface area contributed by atoms with Gasteiger partial charge in [-0.15, -0.1) is 0 Å². The number of amides is 1. The van der Waals surface area contributed by atoms with Crippen LogP contribution in [-0.2, 0) is 11.2 Å². The summed E-state index contributed by atoms with van der Waals surface area (Å²) in [5, 5.41) is 3.36. The molecule has 6 nitrogen and oxygen atoms in total. The summed E-state index contributed by atoms with van der Waals surface area (Å²) in [6, 6.07) is 14.1. The van der Waals surface area contributed by atoms with E-state index >= 15 is 0 Å². The van der Waals surface area contributed by atoms with Crippen molar-refractivity contribution >= 4 is 51.7 Å². The molecule has 3 aromatic rings. The van der Waals surface area contributed by atoms with Gasteiger partial charge in [-0.05, 0) is 49.5 Å². The Morgan fingerprint density at radius 2 is 1.89 bits per heavy atom. The van der Waals surface area contributed by atoms with Gasteiger partial charge in [0.1, 0.15) is 15.8 Å². The number of nitrogens with one attached hydrogen (secondary N) is 1. The van der Waals surface area contributed by atoms with Crippen LogP contribution in [0.5, 0.6) is 0 Å². The van der Waals surface area contributed by atoms with Gasteiger partial charge in [0.05, 0.1) is 10.5 Å². The van der Waals surface area contributed by atoms with Gasteiger partial charge in [-0.1, -0.05) is 79.6 Å². The maximum atomic E-state index is 13.6. The lowest BCUT2D eigenvalue weighted by molar-refractivity contribution is -0.124. The van der Waals surface area contributed by atoms with E-state index in [0.717, 1.165) is 37.7 Å². The van der Waals surface area contributed by atoms with Gasteiger partial charge in [-0.2, -0.15) is 0 Å². The number of anilines is 1. The Morgan fingerprint density at radius 3 is 2.66 bits per heavy atom. The number of carbonyl (C=O) groups excluding carboxylic acids is 1. The molecule has 1 aliphatic heterocycles. The molecule has 180 valence electrons. The molecule has 5 rings (SSSR count). The Bertz CT molecular complexity index is 1360. The summed E-state index contributed by atoms with van der Waals surface area (Å²) >= 11 is 6.87. The van der Waals surface area contributed by atoms with Crippen LogP contribution in [0.3, 0.4) is 0 Å². The van der Waals surface area contributed by atoms with Gasteiger partial charge in [0.2, 0.25) is 0 Å². The molecule has 8 heteroatoms. The minimum absolute atomic E-state index is 0.101. The number of aryl methyl sites for hydroxylation is 1. The van der Waals surface area contributed by atoms with Crippen LogP contribution >= 0.6 is 24.0 Å². The van der Waals surface area contributed by atoms with Crippen molar-refractivity contribution < 1.29 is 4.79 Å². The summed E-state index contributed by atoms with van der Waals surface area (Å²) in [7, 11) is 0. The first kappa shape index (κ1) is 23.8. The largest absolute Gasteiger partial charge is 0.369 e. The highest BCUT2D eigenvalue weighted by molar-refractivity contribution is 8.26. The molecule has 0 bridgehead atoms. The second-order valence-electron chi connectivity index (χ2n) is 9.07. The molecule has 0 atom stereocenters. The minimum atomic E-state index is -0.205. The minimum Gasteiger partial charge on any atom is -0.369 e. The van der Waals surface area contributed by atoms with Crippen LogP contribution in [0.1, 0.15) is 48.8 Å². The van der Waals surface area contributed by atoms with E-state index in [1.807, 2.05) is 37.3 Å². The third-order valence-electron chi connectivity index (χ3n) is 6.67. The highest BCUT2D eigenvalue weighted by atomic mass is 32.2. The van der Waals surface area contributed by atoms with Crippen molar-refractivity contribution in [2.24, 2.45) is 0 Å². The molecule has 2 fully saturated rings. The molecule has 2 aromatic heterocycles. The van der Waals surface area contributed by atoms with Gasteiger partial charge in [0, 0.05) is 18.8 Å². The number of thiocarbonyl (C=S) groups is 1. The Hall–Kier alpha value is -2.97. The highest BCUT2D eigenvalue weighted by Crippen LogP contribution is 2.37. The molecule has 1 saturated carbocycles. The number of pyridine rings is 1. The quantitative estimate of drug-likeness (QED) is 0.368. The molecule has 1 aromatic carbocycles. The van der Waals surface area contributed by atoms with E-state index in [-0.39, 0.29) is 17.5 Å². The molecule has 0 unspecified atom stereocenters. The highest BCUT2D eigenvalue weighted by Gasteiger charge is 2.37. The zero-order valence-corrected chi connectivity index (χ0v) is 21.3. The van der Waals surface area contributed by atoms with Crippen molar-refractivity contribution in [1.29, 1.82) is 0 Å². The molecule has 0 radical (unpaired) electrons. The van der Waals surface area contributed by atoms with E-state index in [4.69, 9.17) is 17.2 Å². The molecule has 1 N–H and O–H groups in total. The monoisotopic (exact) mass is 504 g/mol. The molecular formula is C27H28N4O2S2. The molecule has 3 heterocycles. The van der Waals surface area contributed by atoms with Crippen LogP contribution in [0.4, 0.5) is 5.82 Å². The number of hydrogen-bond acceptors (Lipinski definition) is 6. The van der Waals surface area contributed by atoms with Gasteiger partial charge in [-0.3, -0.25) is 18.9 Å². The predicted octanol–water partition coefficient (Wildman–Crippen LogP) is 5.19. The second kappa shape index (κ2) is 10.3. The number of hydrogen-bond donors (Lipinski definition) is 1. The first-order valence-electron chi connectivity index (χ1n) is 12.1. The first-order valence-corrected chi connectivity index (χ1v) is 13.3. The number of thioether (sulfide) groups is 1. The summed E-state index contributed by atoms with van der Waals surface area (Å²) in [5.74, 6) is 0.388. The maximum Gasteiger partial charge on any atom is 0.267 e. The summed E-state index contributed by atoms with van der Waals surface area (Å²) in [6.45, 7) is 2.55. The lowest BCUT2D eigenvalue weighted by Crippen LogP contribution is -2.39. The van der Waals surface area contributed by atoms with Crippen LogP contribution in [0, 0.1) is 6.92 Å². The summed E-state index contributed by atoms with van der Waals surface area (Å²) in [5.41, 5.74) is 2.88. The van der Waals surface area contributed by atoms with E-state index in [0.29, 0.717) is 32.8 Å². The van der Waals surface area contributed by atoms with Gasteiger partial charge >= 0.3 is 0 Å². The lowest BCUT2D eigenvalue weighted by Gasteiger charge is -2.29. The van der Waals surface area contributed by atoms with E-state index in [2.05, 4.69) is 17.4 Å². The van der Waals surface area contributed by atoms with Crippen LogP contribution < -0.4 is 10.9 Å². The second-order valence-corrected chi connectivity index (χ2v) is 10.7. The maximum absolute atomic E-state index is 13.6. The smallest absolute Gasteiger partial charge is 0.267 e. The Kier molecular flexibility index (Phi) is 7.02. The number of nitrogens with zero attached hydrogens (tertiary/aromatic N) is 3. The van der Waals surface area contributed by atoms with Crippen molar-refractivity contribution in [2.45, 2.75) is 51.5 Å². The fraction of sp³-hybridized carbons (Fsp3) is 0.333. The SMILES string of the molecule is Cc1cccn2c(=O)c(C=C3SC(=S)N(C4CCCCC4)C3=O)c(NCCc3ccccc3)nc12. The molecule has 1 aliphatic carbocycles. The van der Waals surface area contributed by atoms with Gasteiger partial charge in [-0.25, -0.2) is 4.98 Å². The average molecular weight is 505 g/mol. The van der Waals surface area contributed by atoms with Gasteiger partial charge in [0.25, 0.3) is 11.5 Å². The van der Waals surface area contributed by atoms with Crippen LogP contribution in [0.15, 0.2) is 58.4 Å². The Balaban J connectivity index is 1.50. The standard InChI is InChI=1S/C27H28N4O2S2/c1-18-9-8-16-30-24(18)29-23(28-15-14-19-10-4-2-5-11-19)21(25(30)32)17-22-26(33)31(27(34)35-22)20-12-6-3-7-13-20/h2,4-5,8-11,16-17,20,28H,3,6-7,12-15H2,1H3. The van der Waals surface area contributed by atoms with E-state index in [9.17, 15) is 9.59 Å². The van der Waals surface area contributed by atoms with Gasteiger partial charge < -0.3 is 5.32 Å². The van der Waals surface area contributed by atoms with Gasteiger partial charge in [0.15, 0.2) is 0 Å². The van der Waals surface area contributed by atoms with E-state index in [1.165, 1.54) is 23.7 Å². The zero-order chi connectivity index (χ0) is 24.4. The number of fused-ring (bicyclic) bond motifs is 1. The Morgan fingerprint density at radius 1 is 1.11 bits per heavy atom. The number of benzene rings is 1. The fourth-order valence-corrected chi connectivity index (χ4v) is 6.19. The summed E-state index contributed by atoms with van der Waals surface area (Å²) < 4.78 is 2.13. The van der Waals surface area contributed by atoms with E-state index < -0.39 is 0 Å². The third-order valence-corrected chi connectivity index (χ3v) is 8.00. The van der Waals surface area contributed by atoms with Crippen molar-refractivity contribution in [3.8, 4) is 0 Å².